The van der Waals surface area contributed by atoms with E-state index < -0.39 is 0 Å². The van der Waals surface area contributed by atoms with Crippen LogP contribution in [0.1, 0.15) is 28.6 Å². The van der Waals surface area contributed by atoms with Crippen molar-refractivity contribution in [3.8, 4) is 0 Å². The van der Waals surface area contributed by atoms with E-state index in [2.05, 4.69) is 15.3 Å². The monoisotopic (exact) mass is 342 g/mol. The van der Waals surface area contributed by atoms with E-state index in [1.54, 1.807) is 30.6 Å². The number of anilines is 1. The number of carbonyl (C=O) groups excluding carboxylic acids is 1. The van der Waals surface area contributed by atoms with Gasteiger partial charge in [0.25, 0.3) is 5.91 Å². The molecule has 7 heteroatoms. The van der Waals surface area contributed by atoms with Gasteiger partial charge in [-0.05, 0) is 24.3 Å². The molecule has 0 saturated heterocycles. The van der Waals surface area contributed by atoms with Gasteiger partial charge in [-0.1, -0.05) is 18.5 Å². The molecular formula is C17H15ClN4O2. The summed E-state index contributed by atoms with van der Waals surface area (Å²) in [5.74, 6) is 1.58. The molecule has 1 N–H and O–H groups in total. The van der Waals surface area contributed by atoms with E-state index in [9.17, 15) is 4.79 Å². The third kappa shape index (κ3) is 2.39. The molecule has 0 saturated carbocycles. The maximum atomic E-state index is 12.9. The van der Waals surface area contributed by atoms with Crippen LogP contribution in [0.15, 0.2) is 38.7 Å². The van der Waals surface area contributed by atoms with Crippen molar-refractivity contribution in [3.05, 3.63) is 46.2 Å². The number of amidine groups is 1. The van der Waals surface area contributed by atoms with Crippen LogP contribution in [0.4, 0.5) is 11.6 Å². The van der Waals surface area contributed by atoms with E-state index in [0.717, 1.165) is 12.4 Å². The molecule has 1 aromatic heterocycles. The maximum absolute atomic E-state index is 12.9. The van der Waals surface area contributed by atoms with Crippen LogP contribution in [0.25, 0.3) is 0 Å². The Morgan fingerprint density at radius 3 is 2.92 bits per heavy atom. The van der Waals surface area contributed by atoms with E-state index in [1.807, 2.05) is 11.8 Å². The van der Waals surface area contributed by atoms with Gasteiger partial charge in [-0.15, -0.1) is 0 Å². The summed E-state index contributed by atoms with van der Waals surface area (Å²) in [6, 6.07) is 6.98. The molecule has 122 valence electrons. The van der Waals surface area contributed by atoms with Crippen molar-refractivity contribution in [1.82, 2.24) is 4.90 Å². The number of hydrogen-bond acceptors (Lipinski definition) is 5. The average Bonchev–Trinajstić information content (AvgIpc) is 3.19. The molecule has 0 aliphatic carbocycles. The predicted octanol–water partition coefficient (Wildman–Crippen LogP) is 3.48. The van der Waals surface area contributed by atoms with Gasteiger partial charge < -0.3 is 14.6 Å². The standard InChI is InChI=1S/C17H15ClN4O2/c1-2-12-13(16(23)21-11-5-3-10(18)4-6-11)14-15-19-7-8-22(15)9-20-17(14)24-12/h3-6,9H,2,7-8H2,1H3,(H,21,23). The lowest BCUT2D eigenvalue weighted by Crippen LogP contribution is -2.30. The first-order valence-electron chi connectivity index (χ1n) is 7.75. The minimum absolute atomic E-state index is 0.231. The zero-order valence-electron chi connectivity index (χ0n) is 13.0. The molecule has 0 fully saturated rings. The Bertz CT molecular complexity index is 867. The Labute approximate surface area is 143 Å². The lowest BCUT2D eigenvalue weighted by Gasteiger charge is -2.18. The Morgan fingerprint density at radius 2 is 2.17 bits per heavy atom. The lowest BCUT2D eigenvalue weighted by atomic mass is 10.1. The second kappa shape index (κ2) is 5.79. The summed E-state index contributed by atoms with van der Waals surface area (Å²) < 4.78 is 5.79. The van der Waals surface area contributed by atoms with Gasteiger partial charge >= 0.3 is 0 Å². The van der Waals surface area contributed by atoms with Crippen molar-refractivity contribution >= 4 is 41.3 Å². The number of fused-ring (bicyclic) bond motifs is 3. The molecule has 2 aliphatic heterocycles. The Balaban J connectivity index is 1.75. The molecule has 0 bridgehead atoms. The third-order valence-electron chi connectivity index (χ3n) is 4.03. The molecule has 0 atom stereocenters. The fourth-order valence-corrected chi connectivity index (χ4v) is 3.02. The van der Waals surface area contributed by atoms with Crippen molar-refractivity contribution in [2.75, 3.05) is 18.4 Å². The first-order chi connectivity index (χ1) is 11.7. The molecule has 4 rings (SSSR count). The first-order valence-corrected chi connectivity index (χ1v) is 8.13. The smallest absolute Gasteiger partial charge is 0.260 e. The molecule has 1 amide bonds. The fourth-order valence-electron chi connectivity index (χ4n) is 2.90. The molecule has 1 aromatic carbocycles. The maximum Gasteiger partial charge on any atom is 0.260 e. The van der Waals surface area contributed by atoms with Crippen LogP contribution < -0.4 is 5.32 Å². The number of aryl methyl sites for hydroxylation is 1. The minimum atomic E-state index is -0.231. The van der Waals surface area contributed by atoms with Crippen molar-refractivity contribution in [3.63, 3.8) is 0 Å². The van der Waals surface area contributed by atoms with Crippen molar-refractivity contribution in [2.24, 2.45) is 9.98 Å². The average molecular weight is 343 g/mol. The quantitative estimate of drug-likeness (QED) is 0.928. The molecule has 6 nitrogen and oxygen atoms in total. The molecule has 0 spiro atoms. The number of halogens is 1. The lowest BCUT2D eigenvalue weighted by molar-refractivity contribution is 0.102. The van der Waals surface area contributed by atoms with Crippen LogP contribution in [0.5, 0.6) is 0 Å². The highest BCUT2D eigenvalue weighted by atomic mass is 35.5. The van der Waals surface area contributed by atoms with Gasteiger partial charge in [-0.3, -0.25) is 9.79 Å². The van der Waals surface area contributed by atoms with Crippen LogP contribution in [-0.4, -0.2) is 36.1 Å². The molecule has 0 unspecified atom stereocenters. The summed E-state index contributed by atoms with van der Waals surface area (Å²) in [5.41, 5.74) is 1.86. The number of nitrogens with zero attached hydrogens (tertiary/aromatic N) is 3. The van der Waals surface area contributed by atoms with Crippen molar-refractivity contribution in [1.29, 1.82) is 0 Å². The molecule has 3 heterocycles. The fraction of sp³-hybridized carbons (Fsp3) is 0.235. The van der Waals surface area contributed by atoms with E-state index in [1.165, 1.54) is 0 Å². The molecule has 2 aliphatic rings. The number of aliphatic imine (C=N–C) groups is 2. The van der Waals surface area contributed by atoms with E-state index in [0.29, 0.717) is 46.4 Å². The minimum Gasteiger partial charge on any atom is -0.442 e. The summed E-state index contributed by atoms with van der Waals surface area (Å²) in [6.45, 7) is 3.40. The number of furan rings is 1. The summed E-state index contributed by atoms with van der Waals surface area (Å²) >= 11 is 5.89. The highest BCUT2D eigenvalue weighted by Crippen LogP contribution is 2.35. The Hall–Kier alpha value is -2.60. The number of amides is 1. The second-order valence-corrected chi connectivity index (χ2v) is 5.97. The first kappa shape index (κ1) is 15.0. The summed E-state index contributed by atoms with van der Waals surface area (Å²) in [6.07, 6.45) is 2.30. The number of rotatable bonds is 3. The van der Waals surface area contributed by atoms with Gasteiger partial charge in [0.05, 0.1) is 17.7 Å². The molecule has 0 radical (unpaired) electrons. The normalized spacial score (nSPS) is 15.1. The second-order valence-electron chi connectivity index (χ2n) is 5.54. The highest BCUT2D eigenvalue weighted by Gasteiger charge is 2.34. The summed E-state index contributed by atoms with van der Waals surface area (Å²) in [7, 11) is 0. The van der Waals surface area contributed by atoms with E-state index >= 15 is 0 Å². The zero-order chi connectivity index (χ0) is 16.7. The van der Waals surface area contributed by atoms with Crippen LogP contribution in [-0.2, 0) is 6.42 Å². The molecule has 2 aromatic rings. The van der Waals surface area contributed by atoms with Gasteiger partial charge in [-0.25, -0.2) is 4.99 Å². The van der Waals surface area contributed by atoms with Crippen LogP contribution in [0.3, 0.4) is 0 Å². The van der Waals surface area contributed by atoms with Crippen LogP contribution >= 0.6 is 11.6 Å². The Kier molecular flexibility index (Phi) is 3.61. The van der Waals surface area contributed by atoms with Gasteiger partial charge in [-0.2, -0.15) is 0 Å². The molecular weight excluding hydrogens is 328 g/mol. The van der Waals surface area contributed by atoms with Crippen molar-refractivity contribution < 1.29 is 9.21 Å². The van der Waals surface area contributed by atoms with Crippen LogP contribution in [0, 0.1) is 0 Å². The van der Waals surface area contributed by atoms with Gasteiger partial charge in [0, 0.05) is 23.7 Å². The third-order valence-corrected chi connectivity index (χ3v) is 4.28. The topological polar surface area (TPSA) is 70.2 Å². The van der Waals surface area contributed by atoms with Crippen molar-refractivity contribution in [2.45, 2.75) is 13.3 Å². The predicted molar refractivity (Wildman–Crippen MR) is 93.8 cm³/mol. The number of carbonyl (C=O) groups is 1. The van der Waals surface area contributed by atoms with Gasteiger partial charge in [0.2, 0.25) is 5.88 Å². The summed E-state index contributed by atoms with van der Waals surface area (Å²) in [5, 5.41) is 3.51. The highest BCUT2D eigenvalue weighted by molar-refractivity contribution is 6.30. The largest absolute Gasteiger partial charge is 0.442 e. The van der Waals surface area contributed by atoms with Gasteiger partial charge in [0.15, 0.2) is 0 Å². The number of benzene rings is 1. The number of hydrogen-bond donors (Lipinski definition) is 1. The zero-order valence-corrected chi connectivity index (χ0v) is 13.8. The van der Waals surface area contributed by atoms with Crippen LogP contribution in [0.2, 0.25) is 5.02 Å². The van der Waals surface area contributed by atoms with E-state index in [-0.39, 0.29) is 5.91 Å². The Morgan fingerprint density at radius 1 is 1.38 bits per heavy atom. The molecule has 24 heavy (non-hydrogen) atoms. The SMILES string of the molecule is CCc1oc2c(c1C(=O)Nc1ccc(Cl)cc1)C1=NCCN1C=N2. The van der Waals surface area contributed by atoms with E-state index in [4.69, 9.17) is 16.0 Å². The summed E-state index contributed by atoms with van der Waals surface area (Å²) in [4.78, 5) is 23.6. The van der Waals surface area contributed by atoms with Gasteiger partial charge in [0.1, 0.15) is 17.9 Å². The number of nitrogens with one attached hydrogen (secondary N) is 1.